The standard InChI is InChI=1S/C21H29N5O3S/c1-4-26(5-2)30(28,29)17-9-10-20(25-11-7-6-8-12-25)18(13-17)24-21(27)19-15-22-16(3)14-23-19/h9-10,13-15H,4-8,11-12H2,1-3H3,(H,24,27). The number of nitrogens with zero attached hydrogens (tertiary/aromatic N) is 4. The monoisotopic (exact) mass is 431 g/mol. The van der Waals surface area contributed by atoms with E-state index in [0.717, 1.165) is 31.6 Å². The molecule has 0 spiro atoms. The van der Waals surface area contributed by atoms with E-state index in [1.807, 2.05) is 13.8 Å². The van der Waals surface area contributed by atoms with Crippen molar-refractivity contribution in [2.45, 2.75) is 44.9 Å². The number of carbonyl (C=O) groups excluding carboxylic acids is 1. The van der Waals surface area contributed by atoms with Gasteiger partial charge in [0, 0.05) is 32.4 Å². The first-order valence-electron chi connectivity index (χ1n) is 10.4. The summed E-state index contributed by atoms with van der Waals surface area (Å²) in [5, 5.41) is 2.86. The third-order valence-corrected chi connectivity index (χ3v) is 7.32. The molecule has 9 heteroatoms. The van der Waals surface area contributed by atoms with E-state index in [1.165, 1.54) is 23.1 Å². The van der Waals surface area contributed by atoms with E-state index in [9.17, 15) is 13.2 Å². The smallest absolute Gasteiger partial charge is 0.275 e. The lowest BCUT2D eigenvalue weighted by Gasteiger charge is -2.31. The minimum atomic E-state index is -3.64. The van der Waals surface area contributed by atoms with Crippen LogP contribution in [-0.4, -0.2) is 54.8 Å². The fraction of sp³-hybridized carbons (Fsp3) is 0.476. The minimum Gasteiger partial charge on any atom is -0.370 e. The van der Waals surface area contributed by atoms with Crippen LogP contribution < -0.4 is 10.2 Å². The van der Waals surface area contributed by atoms with Gasteiger partial charge in [-0.2, -0.15) is 4.31 Å². The molecule has 1 amide bonds. The van der Waals surface area contributed by atoms with Gasteiger partial charge >= 0.3 is 0 Å². The summed E-state index contributed by atoms with van der Waals surface area (Å²) in [7, 11) is -3.64. The molecule has 1 aromatic carbocycles. The predicted molar refractivity (Wildman–Crippen MR) is 117 cm³/mol. The topological polar surface area (TPSA) is 95.5 Å². The van der Waals surface area contributed by atoms with Crippen LogP contribution in [0.2, 0.25) is 0 Å². The van der Waals surface area contributed by atoms with Crippen LogP contribution in [0, 0.1) is 6.92 Å². The summed E-state index contributed by atoms with van der Waals surface area (Å²) >= 11 is 0. The van der Waals surface area contributed by atoms with E-state index in [-0.39, 0.29) is 10.6 Å². The summed E-state index contributed by atoms with van der Waals surface area (Å²) in [6.07, 6.45) is 6.25. The third-order valence-electron chi connectivity index (χ3n) is 5.27. The highest BCUT2D eigenvalue weighted by Crippen LogP contribution is 2.32. The van der Waals surface area contributed by atoms with E-state index in [4.69, 9.17) is 0 Å². The molecule has 0 bridgehead atoms. The molecule has 0 saturated carbocycles. The molecule has 2 aromatic rings. The predicted octanol–water partition coefficient (Wildman–Crippen LogP) is 3.06. The number of sulfonamides is 1. The Hall–Kier alpha value is -2.52. The second-order valence-electron chi connectivity index (χ2n) is 7.31. The molecule has 2 heterocycles. The number of nitrogens with one attached hydrogen (secondary N) is 1. The fourth-order valence-electron chi connectivity index (χ4n) is 3.60. The highest BCUT2D eigenvalue weighted by molar-refractivity contribution is 7.89. The Morgan fingerprint density at radius 1 is 1.10 bits per heavy atom. The van der Waals surface area contributed by atoms with Gasteiger partial charge in [-0.3, -0.25) is 9.78 Å². The Kier molecular flexibility index (Phi) is 7.04. The van der Waals surface area contributed by atoms with Crippen molar-refractivity contribution in [3.8, 4) is 0 Å². The fourth-order valence-corrected chi connectivity index (χ4v) is 5.08. The van der Waals surface area contributed by atoms with Crippen LogP contribution in [0.3, 0.4) is 0 Å². The van der Waals surface area contributed by atoms with Crippen LogP contribution in [0.15, 0.2) is 35.5 Å². The zero-order valence-corrected chi connectivity index (χ0v) is 18.6. The highest BCUT2D eigenvalue weighted by Gasteiger charge is 2.25. The maximum absolute atomic E-state index is 13.0. The Bertz CT molecular complexity index is 982. The van der Waals surface area contributed by atoms with Crippen molar-refractivity contribution in [2.24, 2.45) is 0 Å². The van der Waals surface area contributed by atoms with Gasteiger partial charge in [-0.25, -0.2) is 13.4 Å². The van der Waals surface area contributed by atoms with E-state index in [0.29, 0.717) is 24.5 Å². The van der Waals surface area contributed by atoms with Gasteiger partial charge < -0.3 is 10.2 Å². The quantitative estimate of drug-likeness (QED) is 0.724. The average Bonchev–Trinajstić information content (AvgIpc) is 2.75. The number of piperidine rings is 1. The number of benzene rings is 1. The molecule has 1 N–H and O–H groups in total. The normalized spacial score (nSPS) is 14.7. The first-order valence-corrected chi connectivity index (χ1v) is 11.8. The van der Waals surface area contributed by atoms with E-state index >= 15 is 0 Å². The third kappa shape index (κ3) is 4.79. The Morgan fingerprint density at radius 2 is 1.80 bits per heavy atom. The second kappa shape index (κ2) is 9.53. The van der Waals surface area contributed by atoms with Crippen LogP contribution in [0.4, 0.5) is 11.4 Å². The Labute approximate surface area is 178 Å². The number of aromatic nitrogens is 2. The molecule has 1 aliphatic rings. The zero-order chi connectivity index (χ0) is 21.7. The molecule has 1 fully saturated rings. The van der Waals surface area contributed by atoms with Crippen molar-refractivity contribution in [1.82, 2.24) is 14.3 Å². The molecule has 162 valence electrons. The van der Waals surface area contributed by atoms with Crippen molar-refractivity contribution in [3.05, 3.63) is 42.0 Å². The van der Waals surface area contributed by atoms with E-state index in [2.05, 4.69) is 20.2 Å². The summed E-state index contributed by atoms with van der Waals surface area (Å²) < 4.78 is 27.4. The number of hydrogen-bond acceptors (Lipinski definition) is 6. The van der Waals surface area contributed by atoms with Crippen molar-refractivity contribution in [1.29, 1.82) is 0 Å². The molecule has 1 saturated heterocycles. The molecular weight excluding hydrogens is 402 g/mol. The molecule has 0 atom stereocenters. The molecule has 0 radical (unpaired) electrons. The summed E-state index contributed by atoms with van der Waals surface area (Å²) in [4.78, 5) is 23.4. The summed E-state index contributed by atoms with van der Waals surface area (Å²) in [5.74, 6) is -0.418. The first kappa shape index (κ1) is 22.2. The first-order chi connectivity index (χ1) is 14.4. The number of aryl methyl sites for hydroxylation is 1. The SMILES string of the molecule is CCN(CC)S(=O)(=O)c1ccc(N2CCCCC2)c(NC(=O)c2cnc(C)cn2)c1. The number of carbonyl (C=O) groups is 1. The largest absolute Gasteiger partial charge is 0.370 e. The second-order valence-corrected chi connectivity index (χ2v) is 9.25. The molecule has 0 aliphatic carbocycles. The molecule has 0 unspecified atom stereocenters. The van der Waals surface area contributed by atoms with Crippen LogP contribution in [-0.2, 0) is 10.0 Å². The molecule has 1 aliphatic heterocycles. The average molecular weight is 432 g/mol. The lowest BCUT2D eigenvalue weighted by atomic mass is 10.1. The molecule has 30 heavy (non-hydrogen) atoms. The maximum Gasteiger partial charge on any atom is 0.275 e. The summed E-state index contributed by atoms with van der Waals surface area (Å²) in [6.45, 7) is 7.92. The van der Waals surface area contributed by atoms with Crippen LogP contribution in [0.1, 0.15) is 49.3 Å². The highest BCUT2D eigenvalue weighted by atomic mass is 32.2. The van der Waals surface area contributed by atoms with Crippen LogP contribution in [0.25, 0.3) is 0 Å². The van der Waals surface area contributed by atoms with E-state index < -0.39 is 15.9 Å². The van der Waals surface area contributed by atoms with Crippen molar-refractivity contribution in [3.63, 3.8) is 0 Å². The van der Waals surface area contributed by atoms with Gasteiger partial charge in [-0.05, 0) is 44.4 Å². The Balaban J connectivity index is 1.99. The zero-order valence-electron chi connectivity index (χ0n) is 17.8. The van der Waals surface area contributed by atoms with Gasteiger partial charge in [0.2, 0.25) is 10.0 Å². The van der Waals surface area contributed by atoms with Crippen molar-refractivity contribution >= 4 is 27.3 Å². The van der Waals surface area contributed by atoms with E-state index in [1.54, 1.807) is 25.1 Å². The van der Waals surface area contributed by atoms with Crippen LogP contribution >= 0.6 is 0 Å². The molecule has 8 nitrogen and oxygen atoms in total. The maximum atomic E-state index is 13.0. The number of hydrogen-bond donors (Lipinski definition) is 1. The van der Waals surface area contributed by atoms with Gasteiger partial charge in [0.1, 0.15) is 5.69 Å². The lowest BCUT2D eigenvalue weighted by Crippen LogP contribution is -2.32. The molecule has 1 aromatic heterocycles. The van der Waals surface area contributed by atoms with Gasteiger partial charge in [-0.15, -0.1) is 0 Å². The van der Waals surface area contributed by atoms with Gasteiger partial charge in [0.15, 0.2) is 0 Å². The molecule has 3 rings (SSSR count). The van der Waals surface area contributed by atoms with Gasteiger partial charge in [-0.1, -0.05) is 13.8 Å². The summed E-state index contributed by atoms with van der Waals surface area (Å²) in [6, 6.07) is 4.97. The number of amides is 1. The lowest BCUT2D eigenvalue weighted by molar-refractivity contribution is 0.102. The Morgan fingerprint density at radius 3 is 2.40 bits per heavy atom. The summed E-state index contributed by atoms with van der Waals surface area (Å²) in [5.41, 5.74) is 2.19. The number of anilines is 2. The molecular formula is C21H29N5O3S. The minimum absolute atomic E-state index is 0.164. The van der Waals surface area contributed by atoms with Crippen molar-refractivity contribution in [2.75, 3.05) is 36.4 Å². The van der Waals surface area contributed by atoms with Gasteiger partial charge in [0.25, 0.3) is 5.91 Å². The van der Waals surface area contributed by atoms with Crippen molar-refractivity contribution < 1.29 is 13.2 Å². The number of rotatable bonds is 7. The van der Waals surface area contributed by atoms with Crippen LogP contribution in [0.5, 0.6) is 0 Å². The van der Waals surface area contributed by atoms with Gasteiger partial charge in [0.05, 0.1) is 28.2 Å².